The number of hydrogen-bond donors (Lipinski definition) is 0. The summed E-state index contributed by atoms with van der Waals surface area (Å²) in [5.41, 5.74) is -0.519. The molecular weight excluding hydrogens is 382 g/mol. The highest BCUT2D eigenvalue weighted by Crippen LogP contribution is 2.37. The Bertz CT molecular complexity index is 869. The summed E-state index contributed by atoms with van der Waals surface area (Å²) in [5, 5.41) is 0. The molecule has 28 heavy (non-hydrogen) atoms. The van der Waals surface area contributed by atoms with E-state index in [2.05, 4.69) is 17.7 Å². The van der Waals surface area contributed by atoms with Crippen LogP contribution in [0.25, 0.3) is 0 Å². The van der Waals surface area contributed by atoms with Gasteiger partial charge in [-0.25, -0.2) is 17.6 Å². The Labute approximate surface area is 158 Å². The van der Waals surface area contributed by atoms with Gasteiger partial charge >= 0.3 is 6.11 Å². The first kappa shape index (κ1) is 20.3. The van der Waals surface area contributed by atoms with E-state index in [9.17, 15) is 26.3 Å². The molecule has 2 aromatic carbocycles. The minimum atomic E-state index is -4.20. The zero-order valence-corrected chi connectivity index (χ0v) is 15.0. The Morgan fingerprint density at radius 2 is 1.61 bits per heavy atom. The Balaban J connectivity index is 1.83. The van der Waals surface area contributed by atoms with Gasteiger partial charge in [-0.2, -0.15) is 8.78 Å². The van der Waals surface area contributed by atoms with Crippen molar-refractivity contribution in [2.24, 2.45) is 5.92 Å². The van der Waals surface area contributed by atoms with Crippen molar-refractivity contribution in [3.8, 4) is 5.75 Å². The largest absolute Gasteiger partial charge is 0.429 e. The van der Waals surface area contributed by atoms with Crippen molar-refractivity contribution < 1.29 is 31.1 Å². The van der Waals surface area contributed by atoms with Crippen LogP contribution in [-0.2, 0) is 6.11 Å². The van der Waals surface area contributed by atoms with E-state index in [1.54, 1.807) is 0 Å². The van der Waals surface area contributed by atoms with Gasteiger partial charge in [0.25, 0.3) is 0 Å². The molecule has 0 fully saturated rings. The van der Waals surface area contributed by atoms with Gasteiger partial charge in [0, 0.05) is 18.1 Å². The third-order valence-electron chi connectivity index (χ3n) is 4.93. The summed E-state index contributed by atoms with van der Waals surface area (Å²) < 4.78 is 86.6. The number of hydrogen-bond acceptors (Lipinski definition) is 1. The van der Waals surface area contributed by atoms with E-state index < -0.39 is 40.7 Å². The van der Waals surface area contributed by atoms with Crippen molar-refractivity contribution in [1.29, 1.82) is 0 Å². The van der Waals surface area contributed by atoms with Crippen molar-refractivity contribution in [2.75, 3.05) is 0 Å². The average molecular weight is 400 g/mol. The Morgan fingerprint density at radius 3 is 2.14 bits per heavy atom. The fourth-order valence-corrected chi connectivity index (χ4v) is 3.29. The molecule has 0 aromatic heterocycles. The second kappa shape index (κ2) is 7.89. The highest BCUT2D eigenvalue weighted by molar-refractivity contribution is 5.33. The molecule has 3 rings (SSSR count). The summed E-state index contributed by atoms with van der Waals surface area (Å²) >= 11 is 0. The van der Waals surface area contributed by atoms with Crippen LogP contribution in [0.2, 0.25) is 0 Å². The Hall–Kier alpha value is -2.44. The van der Waals surface area contributed by atoms with E-state index in [1.807, 2.05) is 6.08 Å². The smallest absolute Gasteiger partial charge is 0.429 e. The molecule has 2 unspecified atom stereocenters. The normalized spacial score (nSPS) is 19.7. The lowest BCUT2D eigenvalue weighted by atomic mass is 9.83. The average Bonchev–Trinajstić information content (AvgIpc) is 2.65. The topological polar surface area (TPSA) is 9.23 Å². The summed E-state index contributed by atoms with van der Waals surface area (Å²) in [7, 11) is 0. The van der Waals surface area contributed by atoms with Gasteiger partial charge in [-0.1, -0.05) is 25.1 Å². The zero-order chi connectivity index (χ0) is 20.5. The van der Waals surface area contributed by atoms with E-state index in [-0.39, 0.29) is 18.1 Å². The van der Waals surface area contributed by atoms with E-state index in [0.29, 0.717) is 11.5 Å². The lowest BCUT2D eigenvalue weighted by Crippen LogP contribution is -2.24. The van der Waals surface area contributed by atoms with Crippen LogP contribution in [0.4, 0.5) is 26.3 Å². The maximum absolute atomic E-state index is 14.4. The third kappa shape index (κ3) is 4.18. The minimum Gasteiger partial charge on any atom is -0.429 e. The van der Waals surface area contributed by atoms with E-state index in [1.165, 1.54) is 6.07 Å². The lowest BCUT2D eigenvalue weighted by molar-refractivity contribution is -0.187. The summed E-state index contributed by atoms with van der Waals surface area (Å²) in [5.74, 6) is -6.93. The minimum absolute atomic E-state index is 0.0684. The number of halogens is 6. The Kier molecular flexibility index (Phi) is 5.72. The van der Waals surface area contributed by atoms with Crippen LogP contribution >= 0.6 is 0 Å². The molecule has 0 radical (unpaired) electrons. The molecule has 0 saturated heterocycles. The third-order valence-corrected chi connectivity index (χ3v) is 4.93. The lowest BCUT2D eigenvalue weighted by Gasteiger charge is -2.23. The van der Waals surface area contributed by atoms with Gasteiger partial charge in [0.2, 0.25) is 0 Å². The molecule has 0 N–H and O–H groups in total. The molecule has 1 aliphatic carbocycles. The molecule has 1 aliphatic rings. The molecule has 7 heteroatoms. The van der Waals surface area contributed by atoms with Gasteiger partial charge in [-0.05, 0) is 42.9 Å². The van der Waals surface area contributed by atoms with Gasteiger partial charge in [-0.3, -0.25) is 0 Å². The van der Waals surface area contributed by atoms with E-state index in [0.717, 1.165) is 31.4 Å². The highest BCUT2D eigenvalue weighted by atomic mass is 19.3. The van der Waals surface area contributed by atoms with Gasteiger partial charge < -0.3 is 4.74 Å². The first-order chi connectivity index (χ1) is 13.2. The van der Waals surface area contributed by atoms with E-state index >= 15 is 0 Å². The van der Waals surface area contributed by atoms with Crippen LogP contribution in [0.15, 0.2) is 42.5 Å². The number of rotatable bonds is 5. The van der Waals surface area contributed by atoms with Crippen LogP contribution in [0.1, 0.15) is 43.2 Å². The Morgan fingerprint density at radius 1 is 0.929 bits per heavy atom. The molecule has 0 heterocycles. The van der Waals surface area contributed by atoms with Crippen LogP contribution in [0.5, 0.6) is 5.75 Å². The predicted octanol–water partition coefficient (Wildman–Crippen LogP) is 6.83. The van der Waals surface area contributed by atoms with Crippen molar-refractivity contribution >= 4 is 0 Å². The maximum atomic E-state index is 14.4. The number of benzene rings is 2. The molecule has 2 aromatic rings. The molecule has 0 spiro atoms. The number of ether oxygens (including phenoxy) is 1. The molecule has 0 bridgehead atoms. The fourth-order valence-electron chi connectivity index (χ4n) is 3.29. The highest BCUT2D eigenvalue weighted by Gasteiger charge is 2.38. The molecule has 0 amide bonds. The quantitative estimate of drug-likeness (QED) is 0.304. The van der Waals surface area contributed by atoms with Crippen LogP contribution in [-0.4, -0.2) is 0 Å². The fraction of sp³-hybridized carbons (Fsp3) is 0.333. The van der Waals surface area contributed by atoms with Crippen molar-refractivity contribution in [2.45, 2.75) is 38.2 Å². The number of alkyl halides is 2. The maximum Gasteiger partial charge on any atom is 0.429 e. The van der Waals surface area contributed by atoms with Gasteiger partial charge in [0.15, 0.2) is 17.5 Å². The van der Waals surface area contributed by atoms with Crippen molar-refractivity contribution in [1.82, 2.24) is 0 Å². The molecular formula is C21H18F6O. The molecule has 0 saturated carbocycles. The van der Waals surface area contributed by atoms with Crippen molar-refractivity contribution in [3.63, 3.8) is 0 Å². The van der Waals surface area contributed by atoms with Crippen molar-refractivity contribution in [3.05, 3.63) is 76.9 Å². The SMILES string of the molecule is CCC1C=CC(c2ccc(C(F)(F)Oc3cc(F)c(F)c(F)c3)c(F)c2)CC1. The first-order valence-corrected chi connectivity index (χ1v) is 8.91. The standard InChI is InChI=1S/C21H18F6O/c1-2-12-3-5-13(6-4-12)14-7-8-16(17(22)9-14)21(26,27)28-15-10-18(23)20(25)19(24)11-15/h3,5,7-13H,2,4,6H2,1H3. The molecule has 1 nitrogen and oxygen atoms in total. The summed E-state index contributed by atoms with van der Waals surface area (Å²) in [6.45, 7) is 2.07. The number of allylic oxidation sites excluding steroid dienone is 2. The summed E-state index contributed by atoms with van der Waals surface area (Å²) in [6, 6.07) is 3.83. The van der Waals surface area contributed by atoms with Gasteiger partial charge in [0.1, 0.15) is 11.6 Å². The van der Waals surface area contributed by atoms with E-state index in [4.69, 9.17) is 0 Å². The van der Waals surface area contributed by atoms with Gasteiger partial charge in [0.05, 0.1) is 5.56 Å². The first-order valence-electron chi connectivity index (χ1n) is 8.91. The van der Waals surface area contributed by atoms with Gasteiger partial charge in [-0.15, -0.1) is 0 Å². The monoisotopic (exact) mass is 400 g/mol. The predicted molar refractivity (Wildman–Crippen MR) is 92.1 cm³/mol. The van der Waals surface area contributed by atoms with Crippen LogP contribution in [0.3, 0.4) is 0 Å². The second-order valence-electron chi connectivity index (χ2n) is 6.80. The molecule has 2 atom stereocenters. The zero-order valence-electron chi connectivity index (χ0n) is 15.0. The second-order valence-corrected chi connectivity index (χ2v) is 6.80. The molecule has 150 valence electrons. The molecule has 0 aliphatic heterocycles. The van der Waals surface area contributed by atoms with Crippen LogP contribution in [0, 0.1) is 29.2 Å². The van der Waals surface area contributed by atoms with Crippen LogP contribution < -0.4 is 4.74 Å². The summed E-state index contributed by atoms with van der Waals surface area (Å²) in [4.78, 5) is 0. The summed E-state index contributed by atoms with van der Waals surface area (Å²) in [6.07, 6.45) is 2.52.